The third-order valence-corrected chi connectivity index (χ3v) is 8.70. The van der Waals surface area contributed by atoms with Crippen molar-refractivity contribution in [3.8, 4) is 0 Å². The molecule has 0 saturated heterocycles. The van der Waals surface area contributed by atoms with Gasteiger partial charge in [-0.25, -0.2) is 13.2 Å². The predicted molar refractivity (Wildman–Crippen MR) is 124 cm³/mol. The van der Waals surface area contributed by atoms with Crippen LogP contribution in [0.3, 0.4) is 0 Å². The normalized spacial score (nSPS) is 30.3. The minimum atomic E-state index is -2.49. The molecule has 5 heteroatoms. The van der Waals surface area contributed by atoms with Crippen LogP contribution in [0.4, 0.5) is 13.2 Å². The molecule has 4 aliphatic carbocycles. The maximum atomic E-state index is 13.5. The fourth-order valence-corrected chi connectivity index (χ4v) is 6.19. The van der Waals surface area contributed by atoms with E-state index in [1.54, 1.807) is 0 Å². The molecule has 0 radical (unpaired) electrons. The molecule has 0 aromatic heterocycles. The summed E-state index contributed by atoms with van der Waals surface area (Å²) < 4.78 is 39.7. The lowest BCUT2D eigenvalue weighted by atomic mass is 9.51. The summed E-state index contributed by atoms with van der Waals surface area (Å²) in [6, 6.07) is 9.05. The highest BCUT2D eigenvalue weighted by atomic mass is 19.3. The van der Waals surface area contributed by atoms with Crippen LogP contribution in [0.1, 0.15) is 81.8 Å². The Morgan fingerprint density at radius 1 is 1.00 bits per heavy atom. The van der Waals surface area contributed by atoms with E-state index in [9.17, 15) is 13.2 Å². The molecule has 0 heterocycles. The van der Waals surface area contributed by atoms with Gasteiger partial charge in [-0.05, 0) is 86.3 Å². The summed E-state index contributed by atoms with van der Waals surface area (Å²) in [5.41, 5.74) is 10.3. The number of hydrogen-bond acceptors (Lipinski definition) is 2. The summed E-state index contributed by atoms with van der Waals surface area (Å²) in [5.74, 6) is -2.49. The standard InChI is InChI=1S/C27H37F3N2/c1-20(32-24-8-10-27(29,30)11-9-24)25-12-15-26(16-13-25,17-14-25)23-6-4-21(5-7-23)2-3-22(18-28)19-31/h4-7,18,24,32H,1-3,8-17,19,31H2/b22-18-. The zero-order chi connectivity index (χ0) is 22.8. The van der Waals surface area contributed by atoms with Crippen molar-refractivity contribution in [1.29, 1.82) is 0 Å². The third-order valence-electron chi connectivity index (χ3n) is 8.70. The van der Waals surface area contributed by atoms with Crippen LogP contribution in [-0.4, -0.2) is 18.5 Å². The second kappa shape index (κ2) is 9.24. The summed E-state index contributed by atoms with van der Waals surface area (Å²) in [4.78, 5) is 0. The number of rotatable bonds is 8. The van der Waals surface area contributed by atoms with E-state index in [0.717, 1.165) is 50.6 Å². The van der Waals surface area contributed by atoms with E-state index in [4.69, 9.17) is 5.73 Å². The Hall–Kier alpha value is -1.75. The van der Waals surface area contributed by atoms with E-state index in [2.05, 4.69) is 36.2 Å². The monoisotopic (exact) mass is 446 g/mol. The SMILES string of the molecule is C=C(NC1CCC(F)(F)CC1)C12CCC(c3ccc(CC/C(=C/F)CN)cc3)(CC1)CC2. The summed E-state index contributed by atoms with van der Waals surface area (Å²) in [6.07, 6.45) is 9.94. The average molecular weight is 447 g/mol. The molecule has 4 aliphatic rings. The molecule has 176 valence electrons. The number of aryl methyl sites for hydroxylation is 1. The van der Waals surface area contributed by atoms with Crippen molar-refractivity contribution in [2.24, 2.45) is 11.1 Å². The molecule has 0 spiro atoms. The second-order valence-corrected chi connectivity index (χ2v) is 10.5. The third kappa shape index (κ3) is 4.78. The van der Waals surface area contributed by atoms with E-state index < -0.39 is 5.92 Å². The largest absolute Gasteiger partial charge is 0.386 e. The van der Waals surface area contributed by atoms with Crippen molar-refractivity contribution in [3.05, 3.63) is 59.6 Å². The highest BCUT2D eigenvalue weighted by Crippen LogP contribution is 2.60. The van der Waals surface area contributed by atoms with E-state index in [1.807, 2.05) is 0 Å². The van der Waals surface area contributed by atoms with Gasteiger partial charge in [0.05, 0.1) is 6.33 Å². The molecule has 32 heavy (non-hydrogen) atoms. The van der Waals surface area contributed by atoms with Gasteiger partial charge < -0.3 is 11.1 Å². The number of hydrogen-bond donors (Lipinski definition) is 2. The molecule has 1 aromatic carbocycles. The summed E-state index contributed by atoms with van der Waals surface area (Å²) in [5, 5.41) is 3.57. The highest BCUT2D eigenvalue weighted by Gasteiger charge is 2.51. The second-order valence-electron chi connectivity index (χ2n) is 10.5. The number of nitrogens with one attached hydrogen (secondary N) is 1. The van der Waals surface area contributed by atoms with Crippen LogP contribution >= 0.6 is 0 Å². The molecule has 1 aromatic rings. The minimum absolute atomic E-state index is 0.0122. The molecule has 0 aliphatic heterocycles. The molecular formula is C27H37F3N2. The van der Waals surface area contributed by atoms with Gasteiger partial charge in [0, 0.05) is 36.5 Å². The Morgan fingerprint density at radius 2 is 1.59 bits per heavy atom. The molecule has 3 N–H and O–H groups in total. The highest BCUT2D eigenvalue weighted by molar-refractivity contribution is 5.33. The van der Waals surface area contributed by atoms with Gasteiger partial charge in [0.2, 0.25) is 5.92 Å². The van der Waals surface area contributed by atoms with Crippen LogP contribution in [0.15, 0.2) is 48.4 Å². The van der Waals surface area contributed by atoms with Crippen molar-refractivity contribution >= 4 is 0 Å². The first-order valence-electron chi connectivity index (χ1n) is 12.2. The van der Waals surface area contributed by atoms with E-state index in [1.165, 1.54) is 11.1 Å². The van der Waals surface area contributed by atoms with Gasteiger partial charge in [0.15, 0.2) is 0 Å². The van der Waals surface area contributed by atoms with E-state index >= 15 is 0 Å². The van der Waals surface area contributed by atoms with Gasteiger partial charge in [-0.2, -0.15) is 0 Å². The average Bonchev–Trinajstić information content (AvgIpc) is 2.82. The van der Waals surface area contributed by atoms with Crippen LogP contribution in [0.25, 0.3) is 0 Å². The first kappa shape index (κ1) is 23.4. The van der Waals surface area contributed by atoms with Crippen molar-refractivity contribution in [3.63, 3.8) is 0 Å². The smallest absolute Gasteiger partial charge is 0.248 e. The fourth-order valence-electron chi connectivity index (χ4n) is 6.19. The summed E-state index contributed by atoms with van der Waals surface area (Å²) in [7, 11) is 0. The molecule has 0 amide bonds. The molecule has 4 fully saturated rings. The molecule has 2 nitrogen and oxygen atoms in total. The Morgan fingerprint density at radius 3 is 2.12 bits per heavy atom. The van der Waals surface area contributed by atoms with Gasteiger partial charge in [0.25, 0.3) is 0 Å². The summed E-state index contributed by atoms with van der Waals surface area (Å²) >= 11 is 0. The van der Waals surface area contributed by atoms with Crippen molar-refractivity contribution in [1.82, 2.24) is 5.32 Å². The Kier molecular flexibility index (Phi) is 6.76. The Bertz CT molecular complexity index is 808. The molecule has 0 unspecified atom stereocenters. The minimum Gasteiger partial charge on any atom is -0.386 e. The Labute approximate surface area is 190 Å². The number of allylic oxidation sites excluding steroid dienone is 1. The molecule has 5 rings (SSSR count). The van der Waals surface area contributed by atoms with Gasteiger partial charge in [-0.3, -0.25) is 0 Å². The summed E-state index contributed by atoms with van der Waals surface area (Å²) in [6.45, 7) is 4.66. The van der Waals surface area contributed by atoms with Gasteiger partial charge in [-0.15, -0.1) is 0 Å². The first-order valence-corrected chi connectivity index (χ1v) is 12.2. The molecule has 2 bridgehead atoms. The number of alkyl halides is 2. The van der Waals surface area contributed by atoms with Crippen molar-refractivity contribution in [2.45, 2.75) is 94.4 Å². The predicted octanol–water partition coefficient (Wildman–Crippen LogP) is 6.70. The van der Waals surface area contributed by atoms with E-state index in [-0.39, 0.29) is 36.3 Å². The lowest BCUT2D eigenvalue weighted by Crippen LogP contribution is -2.49. The number of nitrogens with two attached hydrogens (primary N) is 1. The Balaban J connectivity index is 1.34. The van der Waals surface area contributed by atoms with Crippen LogP contribution in [-0.2, 0) is 11.8 Å². The van der Waals surface area contributed by atoms with Crippen LogP contribution < -0.4 is 11.1 Å². The quantitative estimate of drug-likeness (QED) is 0.466. The van der Waals surface area contributed by atoms with E-state index in [0.29, 0.717) is 31.2 Å². The number of halogens is 3. The lowest BCUT2D eigenvalue weighted by molar-refractivity contribution is -0.0407. The first-order chi connectivity index (χ1) is 15.3. The fraction of sp³-hybridized carbons (Fsp3) is 0.630. The number of fused-ring (bicyclic) bond motifs is 3. The zero-order valence-electron chi connectivity index (χ0n) is 19.1. The maximum absolute atomic E-state index is 13.5. The van der Waals surface area contributed by atoms with Gasteiger partial charge in [0.1, 0.15) is 0 Å². The molecule has 0 atom stereocenters. The van der Waals surface area contributed by atoms with Crippen LogP contribution in [0.2, 0.25) is 0 Å². The molecular weight excluding hydrogens is 409 g/mol. The van der Waals surface area contributed by atoms with Crippen LogP contribution in [0.5, 0.6) is 0 Å². The van der Waals surface area contributed by atoms with Gasteiger partial charge in [-0.1, -0.05) is 30.8 Å². The lowest BCUT2D eigenvalue weighted by Gasteiger charge is -2.55. The molecule has 4 saturated carbocycles. The van der Waals surface area contributed by atoms with Crippen molar-refractivity contribution in [2.75, 3.05) is 6.54 Å². The van der Waals surface area contributed by atoms with Crippen molar-refractivity contribution < 1.29 is 13.2 Å². The van der Waals surface area contributed by atoms with Crippen LogP contribution in [0, 0.1) is 5.41 Å². The maximum Gasteiger partial charge on any atom is 0.248 e. The van der Waals surface area contributed by atoms with Gasteiger partial charge >= 0.3 is 0 Å². The zero-order valence-corrected chi connectivity index (χ0v) is 19.1. The number of benzene rings is 1. The topological polar surface area (TPSA) is 38.0 Å².